The van der Waals surface area contributed by atoms with Gasteiger partial charge in [0, 0.05) is 22.6 Å². The van der Waals surface area contributed by atoms with Crippen LogP contribution in [0.5, 0.6) is 0 Å². The van der Waals surface area contributed by atoms with Gasteiger partial charge in [-0.25, -0.2) is 8.42 Å². The highest BCUT2D eigenvalue weighted by Crippen LogP contribution is 2.28. The minimum absolute atomic E-state index is 0.0261. The number of carbonyl (C=O) groups excluding carboxylic acids is 2. The average molecular weight is 603 g/mol. The number of aryl methyl sites for hydroxylation is 1. The summed E-state index contributed by atoms with van der Waals surface area (Å²) in [5, 5.41) is 3.77. The number of carbonyl (C=O) groups is 2. The van der Waals surface area contributed by atoms with Crippen LogP contribution in [-0.4, -0.2) is 43.8 Å². The van der Waals surface area contributed by atoms with Gasteiger partial charge in [-0.1, -0.05) is 71.9 Å². The maximum Gasteiger partial charge on any atom is 0.264 e. The molecule has 40 heavy (non-hydrogen) atoms. The summed E-state index contributed by atoms with van der Waals surface area (Å²) in [6.45, 7) is 3.25. The van der Waals surface area contributed by atoms with Crippen LogP contribution in [0.3, 0.4) is 0 Å². The van der Waals surface area contributed by atoms with Crippen LogP contribution in [-0.2, 0) is 26.2 Å². The molecule has 4 rings (SSSR count). The lowest BCUT2D eigenvalue weighted by Crippen LogP contribution is -2.52. The predicted molar refractivity (Wildman–Crippen MR) is 159 cm³/mol. The second-order valence-electron chi connectivity index (χ2n) is 10.1. The molecule has 10 heteroatoms. The fourth-order valence-electron chi connectivity index (χ4n) is 4.76. The molecule has 7 nitrogen and oxygen atoms in total. The topological polar surface area (TPSA) is 86.8 Å². The van der Waals surface area contributed by atoms with Gasteiger partial charge in [-0.2, -0.15) is 0 Å². The second kappa shape index (κ2) is 13.1. The first-order valence-corrected chi connectivity index (χ1v) is 15.4. The summed E-state index contributed by atoms with van der Waals surface area (Å²) in [5.74, 6) is -0.783. The molecule has 0 spiro atoms. The van der Waals surface area contributed by atoms with E-state index in [2.05, 4.69) is 5.32 Å². The maximum atomic E-state index is 14.0. The third-order valence-corrected chi connectivity index (χ3v) is 9.39. The van der Waals surface area contributed by atoms with Crippen molar-refractivity contribution < 1.29 is 18.0 Å². The summed E-state index contributed by atoms with van der Waals surface area (Å²) in [4.78, 5) is 28.7. The van der Waals surface area contributed by atoms with E-state index < -0.39 is 28.5 Å². The molecule has 1 aliphatic rings. The third kappa shape index (κ3) is 7.36. The number of hydrogen-bond donors (Lipinski definition) is 1. The Labute approximate surface area is 246 Å². The molecule has 1 fully saturated rings. The minimum atomic E-state index is -4.19. The molecular weight excluding hydrogens is 569 g/mol. The maximum absolute atomic E-state index is 14.0. The van der Waals surface area contributed by atoms with Crippen LogP contribution < -0.4 is 9.62 Å². The van der Waals surface area contributed by atoms with Crippen molar-refractivity contribution in [1.82, 2.24) is 10.2 Å². The van der Waals surface area contributed by atoms with Crippen LogP contribution in [0.4, 0.5) is 5.69 Å². The molecule has 0 bridgehead atoms. The number of anilines is 1. The summed E-state index contributed by atoms with van der Waals surface area (Å²) in [6, 6.07) is 19.0. The Balaban J connectivity index is 1.68. The van der Waals surface area contributed by atoms with Crippen LogP contribution in [0.2, 0.25) is 10.0 Å². The van der Waals surface area contributed by atoms with Gasteiger partial charge in [0.15, 0.2) is 0 Å². The molecule has 212 valence electrons. The first-order chi connectivity index (χ1) is 19.0. The van der Waals surface area contributed by atoms with Gasteiger partial charge in [0.05, 0.1) is 10.6 Å². The third-order valence-electron chi connectivity index (χ3n) is 7.12. The van der Waals surface area contributed by atoms with Crippen molar-refractivity contribution in [3.63, 3.8) is 0 Å². The highest BCUT2D eigenvalue weighted by Gasteiger charge is 2.33. The number of benzene rings is 3. The Kier molecular flexibility index (Phi) is 9.77. The summed E-state index contributed by atoms with van der Waals surface area (Å²) in [6.07, 6.45) is 3.93. The van der Waals surface area contributed by atoms with E-state index in [1.165, 1.54) is 35.2 Å². The van der Waals surface area contributed by atoms with Crippen molar-refractivity contribution in [2.75, 3.05) is 10.8 Å². The first kappa shape index (κ1) is 29.9. The van der Waals surface area contributed by atoms with E-state index in [1.54, 1.807) is 25.1 Å². The van der Waals surface area contributed by atoms with E-state index in [4.69, 9.17) is 23.2 Å². The highest BCUT2D eigenvalue weighted by molar-refractivity contribution is 7.92. The largest absolute Gasteiger partial charge is 0.352 e. The van der Waals surface area contributed by atoms with Gasteiger partial charge >= 0.3 is 0 Å². The van der Waals surface area contributed by atoms with Gasteiger partial charge in [0.1, 0.15) is 12.6 Å². The Morgan fingerprint density at radius 1 is 0.950 bits per heavy atom. The molecule has 0 saturated heterocycles. The molecule has 1 aliphatic carbocycles. The van der Waals surface area contributed by atoms with Gasteiger partial charge in [0.25, 0.3) is 10.0 Å². The fourth-order valence-corrected chi connectivity index (χ4v) is 6.48. The number of nitrogens with zero attached hydrogens (tertiary/aromatic N) is 2. The van der Waals surface area contributed by atoms with Gasteiger partial charge in [-0.3, -0.25) is 13.9 Å². The van der Waals surface area contributed by atoms with Gasteiger partial charge in [-0.15, -0.1) is 0 Å². The van der Waals surface area contributed by atoms with Gasteiger partial charge in [0.2, 0.25) is 11.8 Å². The van der Waals surface area contributed by atoms with Crippen LogP contribution >= 0.6 is 23.2 Å². The zero-order chi connectivity index (χ0) is 28.9. The summed E-state index contributed by atoms with van der Waals surface area (Å²) in [7, 11) is -4.19. The number of amides is 2. The smallest absolute Gasteiger partial charge is 0.264 e. The predicted octanol–water partition coefficient (Wildman–Crippen LogP) is 5.97. The van der Waals surface area contributed by atoms with Crippen LogP contribution in [0.15, 0.2) is 77.7 Å². The van der Waals surface area contributed by atoms with E-state index in [1.807, 2.05) is 31.2 Å². The van der Waals surface area contributed by atoms with Crippen molar-refractivity contribution in [1.29, 1.82) is 0 Å². The van der Waals surface area contributed by atoms with Crippen molar-refractivity contribution in [3.05, 3.63) is 94.0 Å². The van der Waals surface area contributed by atoms with Crippen molar-refractivity contribution in [3.8, 4) is 0 Å². The standard InChI is InChI=1S/C30H33Cl2N3O4S/c1-21-10-12-23(13-11-21)19-34(22(2)30(37)33-26-7-3-4-8-26)29(36)20-35(27-9-5-6-25(32)18-27)40(38,39)28-16-14-24(31)15-17-28/h5-6,9-18,22,26H,3-4,7-8,19-20H2,1-2H3,(H,33,37)/t22-/m1/s1. The summed E-state index contributed by atoms with van der Waals surface area (Å²) in [5.41, 5.74) is 2.12. The van der Waals surface area contributed by atoms with E-state index in [9.17, 15) is 18.0 Å². The Morgan fingerprint density at radius 2 is 1.60 bits per heavy atom. The zero-order valence-electron chi connectivity index (χ0n) is 22.5. The molecule has 0 aromatic heterocycles. The molecule has 0 heterocycles. The molecule has 3 aromatic carbocycles. The summed E-state index contributed by atoms with van der Waals surface area (Å²) < 4.78 is 28.7. The second-order valence-corrected chi connectivity index (χ2v) is 12.9. The van der Waals surface area contributed by atoms with Crippen LogP contribution in [0.25, 0.3) is 0 Å². The zero-order valence-corrected chi connectivity index (χ0v) is 24.8. The SMILES string of the molecule is Cc1ccc(CN(C(=O)CN(c2cccc(Cl)c2)S(=O)(=O)c2ccc(Cl)cc2)[C@H](C)C(=O)NC2CCCC2)cc1. The van der Waals surface area contributed by atoms with E-state index in [0.717, 1.165) is 41.1 Å². The molecule has 0 unspecified atom stereocenters. The summed E-state index contributed by atoms with van der Waals surface area (Å²) >= 11 is 12.2. The molecule has 0 radical (unpaired) electrons. The minimum Gasteiger partial charge on any atom is -0.352 e. The van der Waals surface area contributed by atoms with Crippen molar-refractivity contribution in [2.45, 2.75) is 63.1 Å². The van der Waals surface area contributed by atoms with Crippen LogP contribution in [0.1, 0.15) is 43.7 Å². The van der Waals surface area contributed by atoms with Gasteiger partial charge in [-0.05, 0) is 74.7 Å². The number of sulfonamides is 1. The van der Waals surface area contributed by atoms with Crippen LogP contribution in [0, 0.1) is 6.92 Å². The molecule has 0 aliphatic heterocycles. The number of nitrogens with one attached hydrogen (secondary N) is 1. The average Bonchev–Trinajstić information content (AvgIpc) is 3.44. The van der Waals surface area contributed by atoms with E-state index >= 15 is 0 Å². The molecule has 2 amide bonds. The lowest BCUT2D eigenvalue weighted by molar-refractivity contribution is -0.139. The molecule has 1 saturated carbocycles. The lowest BCUT2D eigenvalue weighted by Gasteiger charge is -2.32. The van der Waals surface area contributed by atoms with Crippen molar-refractivity contribution >= 4 is 50.7 Å². The van der Waals surface area contributed by atoms with Crippen molar-refractivity contribution in [2.24, 2.45) is 0 Å². The Bertz CT molecular complexity index is 1440. The molecule has 1 N–H and O–H groups in total. The van der Waals surface area contributed by atoms with E-state index in [0.29, 0.717) is 10.0 Å². The quantitative estimate of drug-likeness (QED) is 0.310. The number of rotatable bonds is 10. The fraction of sp³-hybridized carbons (Fsp3) is 0.333. The number of hydrogen-bond acceptors (Lipinski definition) is 4. The molecule has 3 aromatic rings. The van der Waals surface area contributed by atoms with Gasteiger partial charge < -0.3 is 10.2 Å². The number of halogens is 2. The highest BCUT2D eigenvalue weighted by atomic mass is 35.5. The molecule has 1 atom stereocenters. The lowest BCUT2D eigenvalue weighted by atomic mass is 10.1. The van der Waals surface area contributed by atoms with E-state index in [-0.39, 0.29) is 29.1 Å². The Morgan fingerprint density at radius 3 is 2.23 bits per heavy atom. The monoisotopic (exact) mass is 601 g/mol. The normalized spacial score (nSPS) is 14.5. The Hall–Kier alpha value is -3.07. The first-order valence-electron chi connectivity index (χ1n) is 13.2. The molecular formula is C30H33Cl2N3O4S.